The number of nitrogens with two attached hydrogens (primary N) is 1. The third-order valence-electron chi connectivity index (χ3n) is 2.35. The summed E-state index contributed by atoms with van der Waals surface area (Å²) < 4.78 is 41.1. The number of amides is 1. The van der Waals surface area contributed by atoms with Crippen molar-refractivity contribution in [2.45, 2.75) is 18.7 Å². The molecule has 0 aliphatic heterocycles. The summed E-state index contributed by atoms with van der Waals surface area (Å²) in [6.07, 6.45) is -7.42. The van der Waals surface area contributed by atoms with Crippen molar-refractivity contribution >= 4 is 11.6 Å². The Balaban J connectivity index is 2.22. The number of halogens is 3. The van der Waals surface area contributed by atoms with E-state index in [0.29, 0.717) is 11.4 Å². The molecular formula is C12H15F3N2O3. The van der Waals surface area contributed by atoms with E-state index in [1.54, 1.807) is 24.3 Å². The highest BCUT2D eigenvalue weighted by Gasteiger charge is 2.38. The molecule has 4 N–H and O–H groups in total. The lowest BCUT2D eigenvalue weighted by molar-refractivity contribution is -0.201. The molecule has 1 atom stereocenters. The topological polar surface area (TPSA) is 84.6 Å². The molecule has 20 heavy (non-hydrogen) atoms. The lowest BCUT2D eigenvalue weighted by Gasteiger charge is -2.15. The number of carbonyl (C=O) groups is 1. The van der Waals surface area contributed by atoms with Gasteiger partial charge in [0.1, 0.15) is 5.75 Å². The van der Waals surface area contributed by atoms with Gasteiger partial charge in [0, 0.05) is 5.69 Å². The first kappa shape index (κ1) is 16.1. The number of rotatable bonds is 6. The molecule has 0 heterocycles. The quantitative estimate of drug-likeness (QED) is 0.685. The molecule has 0 aliphatic rings. The lowest BCUT2D eigenvalue weighted by atomic mass is 10.3. The van der Waals surface area contributed by atoms with E-state index in [1.807, 2.05) is 5.32 Å². The molecule has 1 aromatic carbocycles. The van der Waals surface area contributed by atoms with Gasteiger partial charge in [-0.1, -0.05) is 0 Å². The van der Waals surface area contributed by atoms with Crippen LogP contribution in [0.15, 0.2) is 24.3 Å². The van der Waals surface area contributed by atoms with Crippen molar-refractivity contribution in [3.8, 4) is 5.75 Å². The summed E-state index contributed by atoms with van der Waals surface area (Å²) in [6, 6.07) is 6.46. The molecule has 0 fully saturated rings. The summed E-state index contributed by atoms with van der Waals surface area (Å²) in [5.41, 5.74) is 6.04. The van der Waals surface area contributed by atoms with Crippen molar-refractivity contribution in [1.29, 1.82) is 0 Å². The van der Waals surface area contributed by atoms with Gasteiger partial charge in [-0.25, -0.2) is 0 Å². The van der Waals surface area contributed by atoms with Crippen molar-refractivity contribution in [2.75, 3.05) is 18.9 Å². The van der Waals surface area contributed by atoms with Crippen LogP contribution in [0.3, 0.4) is 0 Å². The Labute approximate surface area is 113 Å². The summed E-state index contributed by atoms with van der Waals surface area (Å²) in [4.78, 5) is 11.2. The van der Waals surface area contributed by atoms with Gasteiger partial charge in [0.2, 0.25) is 5.91 Å². The van der Waals surface area contributed by atoms with Crippen molar-refractivity contribution in [2.24, 2.45) is 0 Å². The Bertz CT molecular complexity index is 435. The van der Waals surface area contributed by atoms with Gasteiger partial charge < -0.3 is 20.9 Å². The highest BCUT2D eigenvalue weighted by atomic mass is 19.4. The van der Waals surface area contributed by atoms with Gasteiger partial charge in [-0.3, -0.25) is 4.79 Å². The van der Waals surface area contributed by atoms with Crippen LogP contribution in [-0.2, 0) is 4.79 Å². The van der Waals surface area contributed by atoms with E-state index in [2.05, 4.69) is 0 Å². The van der Waals surface area contributed by atoms with E-state index in [1.165, 1.54) is 0 Å². The molecule has 112 valence electrons. The number of aliphatic hydroxyl groups excluding tert-OH is 1. The normalized spacial score (nSPS) is 12.8. The van der Waals surface area contributed by atoms with Crippen LogP contribution in [0.4, 0.5) is 18.9 Å². The minimum atomic E-state index is -4.74. The Morgan fingerprint density at radius 2 is 1.95 bits per heavy atom. The zero-order chi connectivity index (χ0) is 15.2. The Kier molecular flexibility index (Phi) is 5.63. The average molecular weight is 292 g/mol. The second kappa shape index (κ2) is 6.99. The summed E-state index contributed by atoms with van der Waals surface area (Å²) in [6.45, 7) is -0.859. The van der Waals surface area contributed by atoms with Crippen molar-refractivity contribution < 1.29 is 27.8 Å². The van der Waals surface area contributed by atoms with Crippen LogP contribution in [0, 0.1) is 0 Å². The van der Waals surface area contributed by atoms with Gasteiger partial charge in [-0.2, -0.15) is 13.2 Å². The minimum Gasteiger partial charge on any atom is -0.493 e. The van der Waals surface area contributed by atoms with Crippen LogP contribution < -0.4 is 15.8 Å². The Hall–Kier alpha value is -1.96. The second-order valence-corrected chi connectivity index (χ2v) is 4.03. The first-order chi connectivity index (χ1) is 9.29. The number of anilines is 1. The monoisotopic (exact) mass is 292 g/mol. The molecule has 0 bridgehead atoms. The maximum Gasteiger partial charge on any atom is 0.416 e. The minimum absolute atomic E-state index is 0.0118. The van der Waals surface area contributed by atoms with E-state index >= 15 is 0 Å². The zero-order valence-electron chi connectivity index (χ0n) is 10.5. The van der Waals surface area contributed by atoms with Crippen LogP contribution in [0.25, 0.3) is 0 Å². The molecule has 0 aliphatic carbocycles. The van der Waals surface area contributed by atoms with Gasteiger partial charge in [-0.05, 0) is 24.3 Å². The van der Waals surface area contributed by atoms with Gasteiger partial charge in [0.15, 0.2) is 6.10 Å². The van der Waals surface area contributed by atoms with Crippen LogP contribution in [-0.4, -0.2) is 36.4 Å². The average Bonchev–Trinajstić information content (AvgIpc) is 2.37. The Morgan fingerprint density at radius 1 is 1.35 bits per heavy atom. The SMILES string of the molecule is Nc1ccc(OCCC(=O)NCC(O)C(F)(F)F)cc1. The highest BCUT2D eigenvalue weighted by Crippen LogP contribution is 2.19. The molecule has 0 saturated heterocycles. The van der Waals surface area contributed by atoms with Crippen LogP contribution in [0.1, 0.15) is 6.42 Å². The smallest absolute Gasteiger partial charge is 0.416 e. The number of nitrogens with one attached hydrogen (secondary N) is 1. The molecule has 0 radical (unpaired) electrons. The molecule has 1 unspecified atom stereocenters. The fourth-order valence-corrected chi connectivity index (χ4v) is 1.24. The number of alkyl halides is 3. The molecule has 0 aromatic heterocycles. The van der Waals surface area contributed by atoms with Gasteiger partial charge in [0.05, 0.1) is 19.6 Å². The fraction of sp³-hybridized carbons (Fsp3) is 0.417. The molecule has 0 spiro atoms. The van der Waals surface area contributed by atoms with Crippen LogP contribution >= 0.6 is 0 Å². The highest BCUT2D eigenvalue weighted by molar-refractivity contribution is 5.76. The van der Waals surface area contributed by atoms with Gasteiger partial charge in [-0.15, -0.1) is 0 Å². The third kappa shape index (κ3) is 5.79. The van der Waals surface area contributed by atoms with Crippen molar-refractivity contribution in [1.82, 2.24) is 5.32 Å². The molecule has 0 saturated carbocycles. The first-order valence-electron chi connectivity index (χ1n) is 5.79. The number of benzene rings is 1. The molecule has 1 rings (SSSR count). The van der Waals surface area contributed by atoms with E-state index < -0.39 is 24.7 Å². The number of hydrogen-bond donors (Lipinski definition) is 3. The van der Waals surface area contributed by atoms with E-state index in [9.17, 15) is 18.0 Å². The van der Waals surface area contributed by atoms with Gasteiger partial charge in [0.25, 0.3) is 0 Å². The number of aliphatic hydroxyl groups is 1. The number of ether oxygens (including phenoxy) is 1. The second-order valence-electron chi connectivity index (χ2n) is 4.03. The number of nitrogen functional groups attached to an aromatic ring is 1. The largest absolute Gasteiger partial charge is 0.493 e. The zero-order valence-corrected chi connectivity index (χ0v) is 10.5. The lowest BCUT2D eigenvalue weighted by Crippen LogP contribution is -2.40. The van der Waals surface area contributed by atoms with E-state index in [0.717, 1.165) is 0 Å². The summed E-state index contributed by atoms with van der Waals surface area (Å²) in [5.74, 6) is -0.133. The maximum atomic E-state index is 12.0. The molecular weight excluding hydrogens is 277 g/mol. The molecule has 5 nitrogen and oxygen atoms in total. The van der Waals surface area contributed by atoms with Crippen LogP contribution in [0.5, 0.6) is 5.75 Å². The summed E-state index contributed by atoms with van der Waals surface area (Å²) in [7, 11) is 0. The maximum absolute atomic E-state index is 12.0. The molecule has 1 amide bonds. The predicted octanol–water partition coefficient (Wildman–Crippen LogP) is 1.08. The van der Waals surface area contributed by atoms with Gasteiger partial charge >= 0.3 is 6.18 Å². The number of carbonyl (C=O) groups excluding carboxylic acids is 1. The van der Waals surface area contributed by atoms with E-state index in [-0.39, 0.29) is 13.0 Å². The third-order valence-corrected chi connectivity index (χ3v) is 2.35. The Morgan fingerprint density at radius 3 is 2.50 bits per heavy atom. The van der Waals surface area contributed by atoms with Crippen molar-refractivity contribution in [3.05, 3.63) is 24.3 Å². The standard InChI is InChI=1S/C12H15F3N2O3/c13-12(14,15)10(18)7-17-11(19)5-6-20-9-3-1-8(16)2-4-9/h1-4,10,18H,5-7,16H2,(H,17,19). The van der Waals surface area contributed by atoms with Crippen LogP contribution in [0.2, 0.25) is 0 Å². The fourth-order valence-electron chi connectivity index (χ4n) is 1.24. The van der Waals surface area contributed by atoms with E-state index in [4.69, 9.17) is 15.6 Å². The van der Waals surface area contributed by atoms with Crippen molar-refractivity contribution in [3.63, 3.8) is 0 Å². The molecule has 8 heteroatoms. The predicted molar refractivity (Wildman–Crippen MR) is 66.0 cm³/mol. The first-order valence-corrected chi connectivity index (χ1v) is 5.79. The number of hydrogen-bond acceptors (Lipinski definition) is 4. The summed E-state index contributed by atoms with van der Waals surface area (Å²) >= 11 is 0. The summed E-state index contributed by atoms with van der Waals surface area (Å²) in [5, 5.41) is 10.7. The molecule has 1 aromatic rings.